The SMILES string of the molecule is O=C(NCC(c1ccccc1)c1ccccc1)C(=O)Nc1ccccc1Br. The van der Waals surface area contributed by atoms with Crippen LogP contribution in [0.2, 0.25) is 0 Å². The maximum atomic E-state index is 12.3. The Kier molecular flexibility index (Phi) is 6.39. The molecule has 3 rings (SSSR count). The van der Waals surface area contributed by atoms with Gasteiger partial charge >= 0.3 is 11.8 Å². The monoisotopic (exact) mass is 422 g/mol. The molecule has 0 fully saturated rings. The minimum absolute atomic E-state index is 0.0346. The van der Waals surface area contributed by atoms with Gasteiger partial charge in [0.15, 0.2) is 0 Å². The second-order valence-electron chi connectivity index (χ2n) is 6.02. The molecule has 2 N–H and O–H groups in total. The van der Waals surface area contributed by atoms with Gasteiger partial charge in [0.1, 0.15) is 0 Å². The highest BCUT2D eigenvalue weighted by Crippen LogP contribution is 2.24. The van der Waals surface area contributed by atoms with Gasteiger partial charge in [-0.3, -0.25) is 9.59 Å². The molecule has 0 aromatic heterocycles. The van der Waals surface area contributed by atoms with Crippen molar-refractivity contribution < 1.29 is 9.59 Å². The number of benzene rings is 3. The van der Waals surface area contributed by atoms with Crippen LogP contribution in [0.4, 0.5) is 5.69 Å². The van der Waals surface area contributed by atoms with Crippen molar-refractivity contribution in [3.8, 4) is 0 Å². The molecule has 0 heterocycles. The van der Waals surface area contributed by atoms with Crippen molar-refractivity contribution in [2.24, 2.45) is 0 Å². The second kappa shape index (κ2) is 9.14. The zero-order chi connectivity index (χ0) is 19.1. The lowest BCUT2D eigenvalue weighted by Gasteiger charge is -2.18. The van der Waals surface area contributed by atoms with Gasteiger partial charge in [0.2, 0.25) is 0 Å². The number of rotatable bonds is 5. The van der Waals surface area contributed by atoms with Crippen molar-refractivity contribution in [3.05, 3.63) is 101 Å². The van der Waals surface area contributed by atoms with Crippen LogP contribution in [0, 0.1) is 0 Å². The van der Waals surface area contributed by atoms with Gasteiger partial charge in [0.25, 0.3) is 0 Å². The molecule has 3 aromatic carbocycles. The molecule has 0 aliphatic carbocycles. The molecule has 0 aliphatic rings. The zero-order valence-corrected chi connectivity index (χ0v) is 16.1. The first-order chi connectivity index (χ1) is 13.1. The van der Waals surface area contributed by atoms with Crippen molar-refractivity contribution in [1.29, 1.82) is 0 Å². The lowest BCUT2D eigenvalue weighted by molar-refractivity contribution is -0.136. The molecule has 27 heavy (non-hydrogen) atoms. The third-order valence-electron chi connectivity index (χ3n) is 4.20. The third kappa shape index (κ3) is 5.05. The van der Waals surface area contributed by atoms with Crippen LogP contribution in [0.5, 0.6) is 0 Å². The standard InChI is InChI=1S/C22H19BrN2O2/c23-19-13-7-8-14-20(19)25-22(27)21(26)24-15-18(16-9-3-1-4-10-16)17-11-5-2-6-12-17/h1-14,18H,15H2,(H,24,26)(H,25,27). The Labute approximate surface area is 166 Å². The smallest absolute Gasteiger partial charge is 0.313 e. The van der Waals surface area contributed by atoms with E-state index in [9.17, 15) is 9.59 Å². The number of carbonyl (C=O) groups is 2. The van der Waals surface area contributed by atoms with Crippen LogP contribution in [-0.4, -0.2) is 18.4 Å². The van der Waals surface area contributed by atoms with Crippen molar-refractivity contribution in [2.45, 2.75) is 5.92 Å². The average Bonchev–Trinajstić information content (AvgIpc) is 2.71. The predicted octanol–water partition coefficient (Wildman–Crippen LogP) is 4.34. The third-order valence-corrected chi connectivity index (χ3v) is 4.89. The summed E-state index contributed by atoms with van der Waals surface area (Å²) in [4.78, 5) is 24.5. The number of anilines is 1. The highest BCUT2D eigenvalue weighted by atomic mass is 79.9. The Morgan fingerprint density at radius 2 is 1.26 bits per heavy atom. The van der Waals surface area contributed by atoms with Gasteiger partial charge in [-0.2, -0.15) is 0 Å². The quantitative estimate of drug-likeness (QED) is 0.600. The molecular formula is C22H19BrN2O2. The number of halogens is 1. The molecule has 0 bridgehead atoms. The Hall–Kier alpha value is -2.92. The number of amides is 2. The van der Waals surface area contributed by atoms with Gasteiger partial charge in [-0.05, 0) is 39.2 Å². The van der Waals surface area contributed by atoms with Gasteiger partial charge in [-0.1, -0.05) is 72.8 Å². The molecule has 0 aliphatic heterocycles. The molecule has 5 heteroatoms. The van der Waals surface area contributed by atoms with Crippen LogP contribution in [-0.2, 0) is 9.59 Å². The summed E-state index contributed by atoms with van der Waals surface area (Å²) in [6, 6.07) is 27.0. The summed E-state index contributed by atoms with van der Waals surface area (Å²) in [6.45, 7) is 0.330. The van der Waals surface area contributed by atoms with E-state index in [0.717, 1.165) is 15.6 Å². The van der Waals surface area contributed by atoms with Crippen LogP contribution in [0.15, 0.2) is 89.4 Å². The lowest BCUT2D eigenvalue weighted by atomic mass is 9.91. The van der Waals surface area contributed by atoms with E-state index >= 15 is 0 Å². The average molecular weight is 423 g/mol. The Bertz CT molecular complexity index is 874. The van der Waals surface area contributed by atoms with Gasteiger partial charge in [0, 0.05) is 16.9 Å². The molecule has 0 spiro atoms. The van der Waals surface area contributed by atoms with Crippen LogP contribution in [0.25, 0.3) is 0 Å². The van der Waals surface area contributed by atoms with Crippen molar-refractivity contribution in [2.75, 3.05) is 11.9 Å². The second-order valence-corrected chi connectivity index (χ2v) is 6.87. The first kappa shape index (κ1) is 18.9. The minimum atomic E-state index is -0.693. The summed E-state index contributed by atoms with van der Waals surface area (Å²) >= 11 is 3.35. The molecule has 0 saturated carbocycles. The van der Waals surface area contributed by atoms with Gasteiger partial charge in [0.05, 0.1) is 5.69 Å². The van der Waals surface area contributed by atoms with E-state index in [1.807, 2.05) is 66.7 Å². The van der Waals surface area contributed by atoms with Crippen LogP contribution in [0.3, 0.4) is 0 Å². The van der Waals surface area contributed by atoms with Crippen LogP contribution < -0.4 is 10.6 Å². The van der Waals surface area contributed by atoms with Crippen LogP contribution >= 0.6 is 15.9 Å². The minimum Gasteiger partial charge on any atom is -0.347 e. The number of nitrogens with one attached hydrogen (secondary N) is 2. The van der Waals surface area contributed by atoms with Crippen molar-refractivity contribution in [1.82, 2.24) is 5.32 Å². The summed E-state index contributed by atoms with van der Waals surface area (Å²) in [6.07, 6.45) is 0. The fourth-order valence-corrected chi connectivity index (χ4v) is 3.20. The fraction of sp³-hybridized carbons (Fsp3) is 0.0909. The fourth-order valence-electron chi connectivity index (χ4n) is 2.82. The maximum Gasteiger partial charge on any atom is 0.313 e. The normalized spacial score (nSPS) is 10.4. The number of hydrogen-bond donors (Lipinski definition) is 2. The van der Waals surface area contributed by atoms with Crippen molar-refractivity contribution >= 4 is 33.4 Å². The molecule has 0 radical (unpaired) electrons. The molecular weight excluding hydrogens is 404 g/mol. The van der Waals surface area contributed by atoms with E-state index in [2.05, 4.69) is 26.6 Å². The zero-order valence-electron chi connectivity index (χ0n) is 14.6. The predicted molar refractivity (Wildman–Crippen MR) is 111 cm³/mol. The summed E-state index contributed by atoms with van der Waals surface area (Å²) in [5, 5.41) is 5.37. The van der Waals surface area contributed by atoms with E-state index in [4.69, 9.17) is 0 Å². The van der Waals surface area contributed by atoms with Gasteiger partial charge in [-0.15, -0.1) is 0 Å². The molecule has 4 nitrogen and oxygen atoms in total. The largest absolute Gasteiger partial charge is 0.347 e. The van der Waals surface area contributed by atoms with E-state index < -0.39 is 11.8 Å². The number of carbonyl (C=O) groups excluding carboxylic acids is 2. The number of para-hydroxylation sites is 1. The Morgan fingerprint density at radius 1 is 0.741 bits per heavy atom. The Balaban J connectivity index is 1.69. The molecule has 0 saturated heterocycles. The van der Waals surface area contributed by atoms with Gasteiger partial charge < -0.3 is 10.6 Å². The lowest BCUT2D eigenvalue weighted by Crippen LogP contribution is -2.37. The van der Waals surface area contributed by atoms with E-state index in [1.165, 1.54) is 0 Å². The Morgan fingerprint density at radius 3 is 1.81 bits per heavy atom. The summed E-state index contributed by atoms with van der Waals surface area (Å²) in [5.74, 6) is -1.39. The van der Waals surface area contributed by atoms with Gasteiger partial charge in [-0.25, -0.2) is 0 Å². The highest BCUT2D eigenvalue weighted by Gasteiger charge is 2.19. The van der Waals surface area contributed by atoms with E-state index in [0.29, 0.717) is 12.2 Å². The first-order valence-electron chi connectivity index (χ1n) is 8.59. The summed E-state index contributed by atoms with van der Waals surface area (Å²) < 4.78 is 0.720. The van der Waals surface area contributed by atoms with Crippen molar-refractivity contribution in [3.63, 3.8) is 0 Å². The number of hydrogen-bond acceptors (Lipinski definition) is 2. The molecule has 2 amide bonds. The first-order valence-corrected chi connectivity index (χ1v) is 9.38. The molecule has 0 atom stereocenters. The molecule has 3 aromatic rings. The summed E-state index contributed by atoms with van der Waals surface area (Å²) in [7, 11) is 0. The van der Waals surface area contributed by atoms with Crippen LogP contribution in [0.1, 0.15) is 17.0 Å². The molecule has 0 unspecified atom stereocenters. The van der Waals surface area contributed by atoms with E-state index in [-0.39, 0.29) is 5.92 Å². The van der Waals surface area contributed by atoms with E-state index in [1.54, 1.807) is 18.2 Å². The maximum absolute atomic E-state index is 12.3. The summed E-state index contributed by atoms with van der Waals surface area (Å²) in [5.41, 5.74) is 2.71. The topological polar surface area (TPSA) is 58.2 Å². The highest BCUT2D eigenvalue weighted by molar-refractivity contribution is 9.10. The molecule has 136 valence electrons.